The first-order valence-electron chi connectivity index (χ1n) is 7.91. The minimum absolute atomic E-state index is 0.305. The molecule has 1 aromatic carbocycles. The van der Waals surface area contributed by atoms with E-state index in [9.17, 15) is 0 Å². The summed E-state index contributed by atoms with van der Waals surface area (Å²) in [5.41, 5.74) is 7.31. The highest BCUT2D eigenvalue weighted by Crippen LogP contribution is 2.43. The summed E-state index contributed by atoms with van der Waals surface area (Å²) >= 11 is 0. The molecule has 2 N–H and O–H groups in total. The average molecular weight is 307 g/mol. The van der Waals surface area contributed by atoms with Gasteiger partial charge in [0.15, 0.2) is 17.3 Å². The van der Waals surface area contributed by atoms with Crippen molar-refractivity contribution in [3.05, 3.63) is 23.8 Å². The fourth-order valence-corrected chi connectivity index (χ4v) is 3.72. The Morgan fingerprint density at radius 1 is 1.18 bits per heavy atom. The predicted octanol–water partition coefficient (Wildman–Crippen LogP) is 2.64. The lowest BCUT2D eigenvalue weighted by Crippen LogP contribution is -2.39. The SMILES string of the molecule is COC1(OC)CCC(C(CN)c2ccc3c(c2)OCO3)CC1. The van der Waals surface area contributed by atoms with Crippen molar-refractivity contribution in [2.45, 2.75) is 37.4 Å². The van der Waals surface area contributed by atoms with Crippen LogP contribution in [0.5, 0.6) is 11.5 Å². The van der Waals surface area contributed by atoms with Gasteiger partial charge in [0.25, 0.3) is 0 Å². The van der Waals surface area contributed by atoms with Crippen LogP contribution in [0, 0.1) is 5.92 Å². The molecule has 1 unspecified atom stereocenters. The molecule has 0 spiro atoms. The largest absolute Gasteiger partial charge is 0.454 e. The van der Waals surface area contributed by atoms with Gasteiger partial charge in [0.2, 0.25) is 6.79 Å². The summed E-state index contributed by atoms with van der Waals surface area (Å²) in [6, 6.07) is 6.17. The minimum Gasteiger partial charge on any atom is -0.454 e. The van der Waals surface area contributed by atoms with E-state index in [0.29, 0.717) is 25.2 Å². The maximum atomic E-state index is 6.08. The topological polar surface area (TPSA) is 62.9 Å². The summed E-state index contributed by atoms with van der Waals surface area (Å²) in [4.78, 5) is 0. The van der Waals surface area contributed by atoms with E-state index in [-0.39, 0.29) is 0 Å². The number of hydrogen-bond donors (Lipinski definition) is 1. The van der Waals surface area contributed by atoms with Gasteiger partial charge < -0.3 is 24.7 Å². The lowest BCUT2D eigenvalue weighted by Gasteiger charge is -2.40. The number of benzene rings is 1. The molecule has 2 aliphatic rings. The van der Waals surface area contributed by atoms with E-state index in [0.717, 1.165) is 37.2 Å². The van der Waals surface area contributed by atoms with Crippen LogP contribution < -0.4 is 15.2 Å². The Labute approximate surface area is 131 Å². The second-order valence-corrected chi connectivity index (χ2v) is 6.11. The van der Waals surface area contributed by atoms with Gasteiger partial charge >= 0.3 is 0 Å². The number of hydrogen-bond acceptors (Lipinski definition) is 5. The molecule has 1 aromatic rings. The van der Waals surface area contributed by atoms with Gasteiger partial charge in [-0.05, 0) is 48.9 Å². The van der Waals surface area contributed by atoms with E-state index in [1.165, 1.54) is 5.56 Å². The molecule has 1 atom stereocenters. The van der Waals surface area contributed by atoms with Crippen molar-refractivity contribution in [2.75, 3.05) is 27.6 Å². The van der Waals surface area contributed by atoms with E-state index in [2.05, 4.69) is 12.1 Å². The van der Waals surface area contributed by atoms with Gasteiger partial charge in [-0.2, -0.15) is 0 Å². The minimum atomic E-state index is -0.412. The highest BCUT2D eigenvalue weighted by molar-refractivity contribution is 5.45. The van der Waals surface area contributed by atoms with Gasteiger partial charge in [0.05, 0.1) is 0 Å². The van der Waals surface area contributed by atoms with Crippen molar-refractivity contribution in [3.8, 4) is 11.5 Å². The Morgan fingerprint density at radius 2 is 1.86 bits per heavy atom. The second-order valence-electron chi connectivity index (χ2n) is 6.11. The Kier molecular flexibility index (Phi) is 4.57. The molecule has 0 aromatic heterocycles. The van der Waals surface area contributed by atoms with Crippen LogP contribution in [0.1, 0.15) is 37.2 Å². The first kappa shape index (κ1) is 15.6. The van der Waals surface area contributed by atoms with Crippen molar-refractivity contribution >= 4 is 0 Å². The van der Waals surface area contributed by atoms with Crippen molar-refractivity contribution < 1.29 is 18.9 Å². The average Bonchev–Trinajstić information content (AvgIpc) is 3.04. The summed E-state index contributed by atoms with van der Waals surface area (Å²) in [5.74, 6) is 2.12. The molecule has 1 fully saturated rings. The molecule has 3 rings (SSSR count). The van der Waals surface area contributed by atoms with E-state index in [4.69, 9.17) is 24.7 Å². The molecule has 0 amide bonds. The fourth-order valence-electron chi connectivity index (χ4n) is 3.72. The lowest BCUT2D eigenvalue weighted by atomic mass is 9.75. The van der Waals surface area contributed by atoms with Crippen LogP contribution in [-0.4, -0.2) is 33.3 Å². The summed E-state index contributed by atoms with van der Waals surface area (Å²) < 4.78 is 22.0. The molecule has 0 saturated heterocycles. The van der Waals surface area contributed by atoms with Crippen LogP contribution in [0.15, 0.2) is 18.2 Å². The normalized spacial score (nSPS) is 21.8. The Hall–Kier alpha value is -1.30. The molecule has 5 heteroatoms. The zero-order chi connectivity index (χ0) is 15.6. The molecule has 1 aliphatic heterocycles. The third kappa shape index (κ3) is 2.81. The van der Waals surface area contributed by atoms with Crippen molar-refractivity contribution in [1.29, 1.82) is 0 Å². The van der Waals surface area contributed by atoms with E-state index in [1.54, 1.807) is 14.2 Å². The molecule has 1 heterocycles. The Morgan fingerprint density at radius 3 is 2.50 bits per heavy atom. The fraction of sp³-hybridized carbons (Fsp3) is 0.647. The second kappa shape index (κ2) is 6.44. The summed E-state index contributed by atoms with van der Waals surface area (Å²) in [6.07, 6.45) is 3.92. The standard InChI is InChI=1S/C17H25NO4/c1-19-17(20-2)7-5-12(6-8-17)14(10-18)13-3-4-15-16(9-13)22-11-21-15/h3-4,9,12,14H,5-8,10-11,18H2,1-2H3. The zero-order valence-electron chi connectivity index (χ0n) is 13.3. The van der Waals surface area contributed by atoms with Crippen molar-refractivity contribution in [1.82, 2.24) is 0 Å². The highest BCUT2D eigenvalue weighted by Gasteiger charge is 2.38. The molecule has 1 saturated carbocycles. The predicted molar refractivity (Wildman–Crippen MR) is 83.1 cm³/mol. The number of fused-ring (bicyclic) bond motifs is 1. The summed E-state index contributed by atoms with van der Waals surface area (Å²) in [5, 5.41) is 0. The first-order valence-corrected chi connectivity index (χ1v) is 7.91. The molecule has 5 nitrogen and oxygen atoms in total. The molecular formula is C17H25NO4. The van der Waals surface area contributed by atoms with Crippen LogP contribution in [-0.2, 0) is 9.47 Å². The summed E-state index contributed by atoms with van der Waals surface area (Å²) in [6.45, 7) is 0.941. The third-order valence-corrected chi connectivity index (χ3v) is 5.18. The van der Waals surface area contributed by atoms with Gasteiger partial charge in [-0.1, -0.05) is 6.07 Å². The van der Waals surface area contributed by atoms with E-state index < -0.39 is 5.79 Å². The van der Waals surface area contributed by atoms with Crippen molar-refractivity contribution in [3.63, 3.8) is 0 Å². The number of nitrogens with two attached hydrogens (primary N) is 1. The quantitative estimate of drug-likeness (QED) is 0.847. The van der Waals surface area contributed by atoms with Gasteiger partial charge in [-0.25, -0.2) is 0 Å². The molecule has 22 heavy (non-hydrogen) atoms. The Bertz CT molecular complexity index is 505. The van der Waals surface area contributed by atoms with Crippen LogP contribution in [0.2, 0.25) is 0 Å². The lowest BCUT2D eigenvalue weighted by molar-refractivity contribution is -0.228. The molecule has 0 radical (unpaired) electrons. The number of rotatable bonds is 5. The van der Waals surface area contributed by atoms with Crippen LogP contribution in [0.4, 0.5) is 0 Å². The van der Waals surface area contributed by atoms with Gasteiger partial charge in [-0.15, -0.1) is 0 Å². The third-order valence-electron chi connectivity index (χ3n) is 5.18. The Balaban J connectivity index is 1.73. The maximum absolute atomic E-state index is 6.08. The first-order chi connectivity index (χ1) is 10.7. The zero-order valence-corrected chi connectivity index (χ0v) is 13.3. The van der Waals surface area contributed by atoms with E-state index >= 15 is 0 Å². The van der Waals surface area contributed by atoms with Gasteiger partial charge in [0, 0.05) is 27.1 Å². The number of ether oxygens (including phenoxy) is 4. The molecule has 122 valence electrons. The van der Waals surface area contributed by atoms with Crippen molar-refractivity contribution in [2.24, 2.45) is 11.7 Å². The summed E-state index contributed by atoms with van der Waals surface area (Å²) in [7, 11) is 3.45. The molecule has 0 bridgehead atoms. The molecule has 1 aliphatic carbocycles. The smallest absolute Gasteiger partial charge is 0.231 e. The molecular weight excluding hydrogens is 282 g/mol. The van der Waals surface area contributed by atoms with Gasteiger partial charge in [0.1, 0.15) is 0 Å². The van der Waals surface area contributed by atoms with E-state index in [1.807, 2.05) is 6.07 Å². The van der Waals surface area contributed by atoms with Gasteiger partial charge in [-0.3, -0.25) is 0 Å². The van der Waals surface area contributed by atoms with Crippen LogP contribution in [0.25, 0.3) is 0 Å². The maximum Gasteiger partial charge on any atom is 0.231 e. The highest BCUT2D eigenvalue weighted by atomic mass is 16.7. The van der Waals surface area contributed by atoms with Crippen LogP contribution in [0.3, 0.4) is 0 Å². The number of methoxy groups -OCH3 is 2. The van der Waals surface area contributed by atoms with Crippen LogP contribution >= 0.6 is 0 Å². The monoisotopic (exact) mass is 307 g/mol.